The highest BCUT2D eigenvalue weighted by atomic mass is 16.6. The molecule has 0 bridgehead atoms. The van der Waals surface area contributed by atoms with E-state index in [9.17, 15) is 29.7 Å². The lowest BCUT2D eigenvalue weighted by Crippen LogP contribution is -2.80. The first-order valence-electron chi connectivity index (χ1n) is 16.2. The third-order valence-electron chi connectivity index (χ3n) is 9.78. The number of amides is 2. The van der Waals surface area contributed by atoms with E-state index in [-0.39, 0.29) is 24.8 Å². The third kappa shape index (κ3) is 7.41. The molecular formula is C36H51N3O9. The number of hydrogen-bond donors (Lipinski definition) is 4. The standard InChI is InChI=1S/C36H51N3O9/c1-23(16-12-9-10-13-17-27-21-37-22-47-27)30(41)34(5,6)32(43)38-19-15-11-14-18-28(40)24(2)20-29(46-8)36(45)25(3)31(42)39(7)35(36)26(4)48-33(35)44/h9-16,18,21-22,24-26,28-30,40-41,45H,17,19-20H2,1-8H3,(H,38,43)/t24-,25-,26-,28-,29+,30-,35+,36+/m0/s1. The Bertz CT molecular complexity index is 1430. The highest BCUT2D eigenvalue weighted by molar-refractivity contribution is 5.99. The van der Waals surface area contributed by atoms with Gasteiger partial charge in [-0.3, -0.25) is 9.59 Å². The summed E-state index contributed by atoms with van der Waals surface area (Å²) >= 11 is 0. The van der Waals surface area contributed by atoms with Gasteiger partial charge in [0.1, 0.15) is 17.5 Å². The Labute approximate surface area is 282 Å². The van der Waals surface area contributed by atoms with Crippen LogP contribution in [0.1, 0.15) is 53.7 Å². The Kier molecular flexibility index (Phi) is 12.9. The maximum absolute atomic E-state index is 12.9. The fourth-order valence-electron chi connectivity index (χ4n) is 6.61. The predicted octanol–water partition coefficient (Wildman–Crippen LogP) is 2.82. The maximum Gasteiger partial charge on any atom is 0.339 e. The van der Waals surface area contributed by atoms with Crippen LogP contribution in [0.25, 0.3) is 0 Å². The number of esters is 1. The first kappa shape index (κ1) is 38.6. The lowest BCUT2D eigenvalue weighted by atomic mass is 9.65. The number of rotatable bonds is 16. The summed E-state index contributed by atoms with van der Waals surface area (Å²) in [6, 6.07) is 0. The second-order valence-electron chi connectivity index (χ2n) is 13.2. The molecule has 48 heavy (non-hydrogen) atoms. The molecule has 4 N–H and O–H groups in total. The van der Waals surface area contributed by atoms with E-state index in [1.54, 1.807) is 84.2 Å². The number of ether oxygens (including phenoxy) is 2. The lowest BCUT2D eigenvalue weighted by Gasteiger charge is -2.55. The summed E-state index contributed by atoms with van der Waals surface area (Å²) in [4.78, 5) is 43.7. The molecule has 1 aromatic heterocycles. The zero-order valence-corrected chi connectivity index (χ0v) is 29.1. The van der Waals surface area contributed by atoms with Gasteiger partial charge in [0.25, 0.3) is 0 Å². The molecule has 12 heteroatoms. The fourth-order valence-corrected chi connectivity index (χ4v) is 6.61. The van der Waals surface area contributed by atoms with Crippen molar-refractivity contribution in [1.29, 1.82) is 0 Å². The number of allylic oxidation sites excluding steroid dienone is 7. The van der Waals surface area contributed by atoms with E-state index in [0.717, 1.165) is 5.76 Å². The normalized spacial score (nSPS) is 27.7. The van der Waals surface area contributed by atoms with Crippen LogP contribution in [-0.2, 0) is 30.3 Å². The molecule has 2 aliphatic heterocycles. The Morgan fingerprint density at radius 1 is 1.17 bits per heavy atom. The minimum absolute atomic E-state index is 0.160. The van der Waals surface area contributed by atoms with E-state index >= 15 is 0 Å². The van der Waals surface area contributed by atoms with E-state index in [2.05, 4.69) is 10.3 Å². The zero-order valence-electron chi connectivity index (χ0n) is 29.1. The van der Waals surface area contributed by atoms with Gasteiger partial charge >= 0.3 is 5.97 Å². The molecule has 264 valence electrons. The Hall–Kier alpha value is -3.84. The molecule has 2 aliphatic rings. The highest BCUT2D eigenvalue weighted by Gasteiger charge is 2.80. The first-order valence-corrected chi connectivity index (χ1v) is 16.2. The number of carbonyl (C=O) groups excluding carboxylic acids is 3. The first-order chi connectivity index (χ1) is 22.6. The monoisotopic (exact) mass is 669 g/mol. The van der Waals surface area contributed by atoms with E-state index in [1.807, 2.05) is 18.2 Å². The van der Waals surface area contributed by atoms with Crippen LogP contribution in [0.15, 0.2) is 77.3 Å². The summed E-state index contributed by atoms with van der Waals surface area (Å²) < 4.78 is 16.0. The molecule has 3 heterocycles. The zero-order chi connectivity index (χ0) is 35.9. The molecule has 3 rings (SSSR count). The SMILES string of the molecule is CO[C@H](C[C@H](C)[C@@H](O)C=CC=CCNC(=O)C(C)(C)[C@@H](O)C(C)=CC=CC=CCc1cnco1)[C@]1(O)[C@@H](C)C(=O)N(C)[C@]12C(=O)O[C@H]2C. The molecule has 1 spiro atoms. The predicted molar refractivity (Wildman–Crippen MR) is 179 cm³/mol. The van der Waals surface area contributed by atoms with Gasteiger partial charge in [0.2, 0.25) is 17.4 Å². The molecule has 2 saturated heterocycles. The van der Waals surface area contributed by atoms with Gasteiger partial charge in [0, 0.05) is 27.1 Å². The molecule has 0 saturated carbocycles. The summed E-state index contributed by atoms with van der Waals surface area (Å²) in [7, 11) is 2.89. The number of nitrogens with one attached hydrogen (secondary N) is 1. The number of cyclic esters (lactones) is 1. The fraction of sp³-hybridized carbons (Fsp3) is 0.556. The van der Waals surface area contributed by atoms with Crippen LogP contribution >= 0.6 is 0 Å². The van der Waals surface area contributed by atoms with Crippen LogP contribution in [0.4, 0.5) is 0 Å². The van der Waals surface area contributed by atoms with Gasteiger partial charge in [-0.15, -0.1) is 0 Å². The quantitative estimate of drug-likeness (QED) is 0.152. The Morgan fingerprint density at radius 2 is 1.85 bits per heavy atom. The van der Waals surface area contributed by atoms with Gasteiger partial charge in [0.15, 0.2) is 6.39 Å². The molecular weight excluding hydrogens is 618 g/mol. The van der Waals surface area contributed by atoms with Crippen LogP contribution in [-0.4, -0.2) is 99.2 Å². The van der Waals surface area contributed by atoms with Crippen molar-refractivity contribution < 1.29 is 43.6 Å². The number of carbonyl (C=O) groups is 3. The molecule has 1 aromatic rings. The molecule has 8 atom stereocenters. The molecule has 0 aromatic carbocycles. The second kappa shape index (κ2) is 16.0. The number of hydrogen-bond acceptors (Lipinski definition) is 10. The minimum Gasteiger partial charge on any atom is -0.457 e. The summed E-state index contributed by atoms with van der Waals surface area (Å²) in [5, 5.41) is 36.5. The van der Waals surface area contributed by atoms with Gasteiger partial charge in [-0.05, 0) is 45.6 Å². The van der Waals surface area contributed by atoms with Crippen molar-refractivity contribution in [3.05, 3.63) is 78.6 Å². The number of likely N-dealkylation sites (tertiary alicyclic amines) is 1. The van der Waals surface area contributed by atoms with Crippen molar-refractivity contribution in [2.24, 2.45) is 17.3 Å². The third-order valence-corrected chi connectivity index (χ3v) is 9.78. The van der Waals surface area contributed by atoms with E-state index in [4.69, 9.17) is 13.9 Å². The largest absolute Gasteiger partial charge is 0.457 e. The van der Waals surface area contributed by atoms with E-state index < -0.39 is 58.8 Å². The van der Waals surface area contributed by atoms with Gasteiger partial charge in [-0.2, -0.15) is 0 Å². The number of likely N-dealkylation sites (N-methyl/N-ethyl adjacent to an activating group) is 1. The smallest absolute Gasteiger partial charge is 0.339 e. The number of nitrogens with zero attached hydrogens (tertiary/aromatic N) is 2. The van der Waals surface area contributed by atoms with Crippen molar-refractivity contribution in [1.82, 2.24) is 15.2 Å². The van der Waals surface area contributed by atoms with Gasteiger partial charge in [0.05, 0.1) is 35.8 Å². The molecule has 0 aliphatic carbocycles. The van der Waals surface area contributed by atoms with Crippen LogP contribution < -0.4 is 5.32 Å². The van der Waals surface area contributed by atoms with Gasteiger partial charge in [-0.1, -0.05) is 68.5 Å². The summed E-state index contributed by atoms with van der Waals surface area (Å²) in [5.41, 5.74) is -3.87. The molecule has 0 radical (unpaired) electrons. The van der Waals surface area contributed by atoms with Crippen LogP contribution in [0.2, 0.25) is 0 Å². The highest BCUT2D eigenvalue weighted by Crippen LogP contribution is 2.54. The van der Waals surface area contributed by atoms with Crippen molar-refractivity contribution >= 4 is 17.8 Å². The van der Waals surface area contributed by atoms with Crippen molar-refractivity contribution in [3.63, 3.8) is 0 Å². The van der Waals surface area contributed by atoms with Crippen LogP contribution in [0.3, 0.4) is 0 Å². The molecule has 2 amide bonds. The minimum atomic E-state index is -1.86. The van der Waals surface area contributed by atoms with Crippen molar-refractivity contribution in [2.45, 2.75) is 89.9 Å². The summed E-state index contributed by atoms with van der Waals surface area (Å²) in [5.74, 6) is -1.95. The van der Waals surface area contributed by atoms with Crippen molar-refractivity contribution in [2.75, 3.05) is 20.7 Å². The maximum atomic E-state index is 12.9. The second-order valence-corrected chi connectivity index (χ2v) is 13.2. The van der Waals surface area contributed by atoms with Crippen LogP contribution in [0, 0.1) is 17.3 Å². The van der Waals surface area contributed by atoms with Crippen molar-refractivity contribution in [3.8, 4) is 0 Å². The summed E-state index contributed by atoms with van der Waals surface area (Å²) in [6.07, 6.45) is 16.0. The van der Waals surface area contributed by atoms with E-state index in [1.165, 1.54) is 25.5 Å². The van der Waals surface area contributed by atoms with E-state index in [0.29, 0.717) is 12.0 Å². The van der Waals surface area contributed by atoms with Gasteiger partial charge < -0.3 is 39.4 Å². The summed E-state index contributed by atoms with van der Waals surface area (Å²) in [6.45, 7) is 10.3. The topological polar surface area (TPSA) is 172 Å². The number of aromatic nitrogens is 1. The molecule has 12 nitrogen and oxygen atoms in total. The number of aliphatic hydroxyl groups is 3. The lowest BCUT2D eigenvalue weighted by molar-refractivity contribution is -0.255. The number of methoxy groups -OCH3 is 1. The molecule has 0 unspecified atom stereocenters. The number of oxazole rings is 1. The Balaban J connectivity index is 1.50. The average molecular weight is 670 g/mol. The molecule has 2 fully saturated rings. The van der Waals surface area contributed by atoms with Crippen LogP contribution in [0.5, 0.6) is 0 Å². The average Bonchev–Trinajstić information content (AvgIpc) is 3.63. The van der Waals surface area contributed by atoms with Gasteiger partial charge in [-0.25, -0.2) is 9.78 Å². The number of aliphatic hydroxyl groups excluding tert-OH is 2. The Morgan fingerprint density at radius 3 is 2.46 bits per heavy atom.